The summed E-state index contributed by atoms with van der Waals surface area (Å²) >= 11 is 0. The van der Waals surface area contributed by atoms with E-state index < -0.39 is 5.82 Å². The monoisotopic (exact) mass is 288 g/mol. The molecule has 0 spiro atoms. The maximum Gasteiger partial charge on any atom is 0.262 e. The third kappa shape index (κ3) is 3.95. The van der Waals surface area contributed by atoms with Crippen molar-refractivity contribution in [3.05, 3.63) is 53.3 Å². The number of halogens is 1. The van der Waals surface area contributed by atoms with Crippen LogP contribution in [0.5, 0.6) is 5.75 Å². The Hall–Kier alpha value is -2.56. The van der Waals surface area contributed by atoms with Crippen LogP contribution < -0.4 is 15.8 Å². The number of nitrogens with one attached hydrogen (secondary N) is 1. The lowest BCUT2D eigenvalue weighted by Crippen LogP contribution is -2.21. The molecule has 2 rings (SSSR count). The van der Waals surface area contributed by atoms with E-state index in [1.165, 1.54) is 12.1 Å². The smallest absolute Gasteiger partial charge is 0.262 e. The van der Waals surface area contributed by atoms with Gasteiger partial charge in [-0.05, 0) is 43.2 Å². The normalized spacial score (nSPS) is 10.2. The molecule has 0 aliphatic carbocycles. The summed E-state index contributed by atoms with van der Waals surface area (Å²) in [6.45, 7) is 3.49. The zero-order chi connectivity index (χ0) is 15.4. The number of hydrogen-bond donors (Lipinski definition) is 2. The second-order valence-electron chi connectivity index (χ2n) is 4.84. The first-order chi connectivity index (χ1) is 9.95. The molecular formula is C16H17FN2O2. The number of ether oxygens (including phenoxy) is 1. The fourth-order valence-corrected chi connectivity index (χ4v) is 1.85. The molecule has 0 heterocycles. The van der Waals surface area contributed by atoms with E-state index in [1.807, 2.05) is 13.0 Å². The number of rotatable bonds is 4. The van der Waals surface area contributed by atoms with Gasteiger partial charge >= 0.3 is 0 Å². The van der Waals surface area contributed by atoms with Crippen LogP contribution in [0.15, 0.2) is 36.4 Å². The molecule has 0 fully saturated rings. The lowest BCUT2D eigenvalue weighted by molar-refractivity contribution is -0.118. The first kappa shape index (κ1) is 14.8. The number of carbonyl (C=O) groups is 1. The highest BCUT2D eigenvalue weighted by Crippen LogP contribution is 2.20. The molecule has 0 aromatic heterocycles. The van der Waals surface area contributed by atoms with Crippen LogP contribution in [-0.2, 0) is 4.79 Å². The first-order valence-corrected chi connectivity index (χ1v) is 6.50. The third-order valence-corrected chi connectivity index (χ3v) is 2.99. The number of carbonyl (C=O) groups excluding carboxylic acids is 1. The van der Waals surface area contributed by atoms with Crippen LogP contribution in [0.25, 0.3) is 0 Å². The average Bonchev–Trinajstić information content (AvgIpc) is 2.43. The van der Waals surface area contributed by atoms with Crippen molar-refractivity contribution in [2.24, 2.45) is 0 Å². The highest BCUT2D eigenvalue weighted by molar-refractivity contribution is 5.94. The van der Waals surface area contributed by atoms with Gasteiger partial charge < -0.3 is 15.8 Å². The summed E-state index contributed by atoms with van der Waals surface area (Å²) in [5.74, 6) is -0.407. The zero-order valence-electron chi connectivity index (χ0n) is 11.9. The molecule has 0 bridgehead atoms. The Balaban J connectivity index is 1.97. The van der Waals surface area contributed by atoms with Crippen molar-refractivity contribution in [1.29, 1.82) is 0 Å². The number of benzene rings is 2. The maximum atomic E-state index is 13.1. The first-order valence-electron chi connectivity index (χ1n) is 6.50. The van der Waals surface area contributed by atoms with Gasteiger partial charge in [0.05, 0.1) is 11.4 Å². The standard InChI is InChI=1S/C16H17FN2O2/c1-10-3-6-14(13(18)7-10)19-16(20)9-21-15-8-12(17)5-4-11(15)2/h3-8H,9,18H2,1-2H3,(H,19,20). The van der Waals surface area contributed by atoms with E-state index >= 15 is 0 Å². The summed E-state index contributed by atoms with van der Waals surface area (Å²) in [4.78, 5) is 11.8. The molecule has 2 aromatic carbocycles. The van der Waals surface area contributed by atoms with E-state index in [0.717, 1.165) is 11.1 Å². The van der Waals surface area contributed by atoms with Crippen LogP contribution in [0.2, 0.25) is 0 Å². The molecule has 0 unspecified atom stereocenters. The largest absolute Gasteiger partial charge is 0.483 e. The van der Waals surface area contributed by atoms with Gasteiger partial charge in [0.1, 0.15) is 11.6 Å². The average molecular weight is 288 g/mol. The van der Waals surface area contributed by atoms with Crippen LogP contribution in [0.4, 0.5) is 15.8 Å². The predicted molar refractivity (Wildman–Crippen MR) is 80.9 cm³/mol. The van der Waals surface area contributed by atoms with Gasteiger partial charge in [0.2, 0.25) is 0 Å². The number of anilines is 2. The number of aryl methyl sites for hydroxylation is 2. The Morgan fingerprint density at radius 1 is 1.24 bits per heavy atom. The Labute approximate surface area is 122 Å². The minimum Gasteiger partial charge on any atom is -0.483 e. The highest BCUT2D eigenvalue weighted by atomic mass is 19.1. The number of hydrogen-bond acceptors (Lipinski definition) is 3. The molecule has 21 heavy (non-hydrogen) atoms. The highest BCUT2D eigenvalue weighted by Gasteiger charge is 2.08. The maximum absolute atomic E-state index is 13.1. The quantitative estimate of drug-likeness (QED) is 0.850. The summed E-state index contributed by atoms with van der Waals surface area (Å²) in [7, 11) is 0. The molecule has 2 aromatic rings. The molecule has 0 radical (unpaired) electrons. The molecule has 0 saturated carbocycles. The second-order valence-corrected chi connectivity index (χ2v) is 4.84. The molecule has 0 atom stereocenters. The van der Waals surface area contributed by atoms with Crippen LogP contribution in [-0.4, -0.2) is 12.5 Å². The zero-order valence-corrected chi connectivity index (χ0v) is 11.9. The molecule has 5 heteroatoms. The minimum absolute atomic E-state index is 0.211. The SMILES string of the molecule is Cc1ccc(NC(=O)COc2cc(F)ccc2C)c(N)c1. The molecule has 1 amide bonds. The second kappa shape index (κ2) is 6.26. The van der Waals surface area contributed by atoms with Gasteiger partial charge in [-0.2, -0.15) is 0 Å². The van der Waals surface area contributed by atoms with Gasteiger partial charge in [-0.1, -0.05) is 12.1 Å². The van der Waals surface area contributed by atoms with Crippen LogP contribution in [0.1, 0.15) is 11.1 Å². The summed E-state index contributed by atoms with van der Waals surface area (Å²) in [5, 5.41) is 2.66. The van der Waals surface area contributed by atoms with E-state index in [9.17, 15) is 9.18 Å². The number of amides is 1. The van der Waals surface area contributed by atoms with E-state index in [0.29, 0.717) is 17.1 Å². The Morgan fingerprint density at radius 3 is 2.71 bits per heavy atom. The fourth-order valence-electron chi connectivity index (χ4n) is 1.85. The van der Waals surface area contributed by atoms with Gasteiger partial charge in [-0.3, -0.25) is 4.79 Å². The van der Waals surface area contributed by atoms with Gasteiger partial charge in [-0.15, -0.1) is 0 Å². The van der Waals surface area contributed by atoms with E-state index in [4.69, 9.17) is 10.5 Å². The summed E-state index contributed by atoms with van der Waals surface area (Å²) in [6.07, 6.45) is 0. The van der Waals surface area contributed by atoms with Crippen molar-refractivity contribution in [3.63, 3.8) is 0 Å². The Bertz CT molecular complexity index is 671. The topological polar surface area (TPSA) is 64.3 Å². The summed E-state index contributed by atoms with van der Waals surface area (Å²) < 4.78 is 18.4. The van der Waals surface area contributed by atoms with Crippen LogP contribution in [0.3, 0.4) is 0 Å². The Kier molecular flexibility index (Phi) is 4.42. The van der Waals surface area contributed by atoms with Crippen molar-refractivity contribution in [2.45, 2.75) is 13.8 Å². The summed E-state index contributed by atoms with van der Waals surface area (Å²) in [6, 6.07) is 9.55. The molecule has 0 aliphatic heterocycles. The van der Waals surface area contributed by atoms with Gasteiger partial charge in [-0.25, -0.2) is 4.39 Å². The van der Waals surface area contributed by atoms with Gasteiger partial charge in [0, 0.05) is 6.07 Å². The van der Waals surface area contributed by atoms with Crippen LogP contribution in [0, 0.1) is 19.7 Å². The lowest BCUT2D eigenvalue weighted by Gasteiger charge is -2.11. The third-order valence-electron chi connectivity index (χ3n) is 2.99. The molecular weight excluding hydrogens is 271 g/mol. The van der Waals surface area contributed by atoms with E-state index in [2.05, 4.69) is 5.32 Å². The lowest BCUT2D eigenvalue weighted by atomic mass is 10.2. The minimum atomic E-state index is -0.404. The molecule has 0 aliphatic rings. The van der Waals surface area contributed by atoms with Crippen molar-refractivity contribution < 1.29 is 13.9 Å². The van der Waals surface area contributed by atoms with Crippen molar-refractivity contribution in [1.82, 2.24) is 0 Å². The Morgan fingerprint density at radius 2 is 2.00 bits per heavy atom. The molecule has 0 saturated heterocycles. The molecule has 3 N–H and O–H groups in total. The predicted octanol–water partition coefficient (Wildman–Crippen LogP) is 3.04. The number of nitrogens with two attached hydrogens (primary N) is 1. The van der Waals surface area contributed by atoms with Gasteiger partial charge in [0.25, 0.3) is 5.91 Å². The van der Waals surface area contributed by atoms with E-state index in [-0.39, 0.29) is 12.5 Å². The number of nitrogen functional groups attached to an aromatic ring is 1. The van der Waals surface area contributed by atoms with Crippen molar-refractivity contribution in [3.8, 4) is 5.75 Å². The summed E-state index contributed by atoms with van der Waals surface area (Å²) in [5.41, 5.74) is 8.61. The van der Waals surface area contributed by atoms with E-state index in [1.54, 1.807) is 25.1 Å². The van der Waals surface area contributed by atoms with Crippen molar-refractivity contribution >= 4 is 17.3 Å². The van der Waals surface area contributed by atoms with Crippen molar-refractivity contribution in [2.75, 3.05) is 17.7 Å². The van der Waals surface area contributed by atoms with Gasteiger partial charge in [0.15, 0.2) is 6.61 Å². The van der Waals surface area contributed by atoms with Crippen LogP contribution >= 0.6 is 0 Å². The molecule has 4 nitrogen and oxygen atoms in total. The fraction of sp³-hybridized carbons (Fsp3) is 0.188. The molecule has 110 valence electrons.